The molecule has 2 rings (SSSR count). The van der Waals surface area contributed by atoms with Crippen LogP contribution in [0.25, 0.3) is 0 Å². The Morgan fingerprint density at radius 2 is 1.78 bits per heavy atom. The van der Waals surface area contributed by atoms with Gasteiger partial charge in [0.2, 0.25) is 0 Å². The second-order valence-corrected chi connectivity index (χ2v) is 7.65. The normalized spacial score (nSPS) is 11.7. The highest BCUT2D eigenvalue weighted by molar-refractivity contribution is 5.99. The summed E-state index contributed by atoms with van der Waals surface area (Å²) in [6.07, 6.45) is 8.18. The summed E-state index contributed by atoms with van der Waals surface area (Å²) in [6.45, 7) is 3.50. The van der Waals surface area contributed by atoms with Crippen LogP contribution in [0.2, 0.25) is 0 Å². The zero-order chi connectivity index (χ0) is 23.2. The van der Waals surface area contributed by atoms with E-state index in [-0.39, 0.29) is 0 Å². The van der Waals surface area contributed by atoms with Crippen molar-refractivity contribution < 1.29 is 9.47 Å². The largest absolute Gasteiger partial charge is 0.497 e. The molecule has 0 spiro atoms. The number of hydrogen-bond donors (Lipinski definition) is 3. The van der Waals surface area contributed by atoms with E-state index in [1.807, 2.05) is 49.4 Å². The lowest BCUT2D eigenvalue weighted by Gasteiger charge is -2.11. The molecule has 0 heterocycles. The van der Waals surface area contributed by atoms with Crippen LogP contribution < -0.4 is 26.9 Å². The monoisotopic (exact) mass is 440 g/mol. The van der Waals surface area contributed by atoms with E-state index in [0.29, 0.717) is 12.4 Å². The highest BCUT2D eigenvalue weighted by atomic mass is 16.5. The van der Waals surface area contributed by atoms with Gasteiger partial charge in [0.1, 0.15) is 23.7 Å². The van der Waals surface area contributed by atoms with Crippen molar-refractivity contribution in [3.8, 4) is 11.5 Å². The molecule has 0 bridgehead atoms. The number of methoxy groups -OCH3 is 1. The molecule has 0 fully saturated rings. The van der Waals surface area contributed by atoms with Crippen LogP contribution in [0.15, 0.2) is 52.6 Å². The minimum Gasteiger partial charge on any atom is -0.497 e. The molecule has 0 aliphatic carbocycles. The molecular formula is C24H36N6O2. The van der Waals surface area contributed by atoms with Crippen LogP contribution in [0.1, 0.15) is 49.7 Å². The molecule has 0 amide bonds. The van der Waals surface area contributed by atoms with Gasteiger partial charge < -0.3 is 21.1 Å². The van der Waals surface area contributed by atoms with E-state index in [1.165, 1.54) is 24.2 Å². The number of hydrazone groups is 1. The number of unbranched alkanes of at least 4 members (excludes halogenated alkanes) is 5. The molecule has 8 nitrogen and oxygen atoms in total. The molecule has 0 saturated carbocycles. The van der Waals surface area contributed by atoms with E-state index < -0.39 is 0 Å². The average Bonchev–Trinajstić information content (AvgIpc) is 2.79. The van der Waals surface area contributed by atoms with Crippen LogP contribution in [-0.2, 0) is 0 Å². The molecule has 6 N–H and O–H groups in total. The Morgan fingerprint density at radius 3 is 2.50 bits per heavy atom. The summed E-state index contributed by atoms with van der Waals surface area (Å²) in [7, 11) is 1.63. The highest BCUT2D eigenvalue weighted by Gasteiger charge is 2.04. The third-order valence-corrected chi connectivity index (χ3v) is 5.06. The van der Waals surface area contributed by atoms with E-state index >= 15 is 0 Å². The second kappa shape index (κ2) is 13.9. The Morgan fingerprint density at radius 1 is 1.03 bits per heavy atom. The lowest BCUT2D eigenvalue weighted by Crippen LogP contribution is -2.30. The summed E-state index contributed by atoms with van der Waals surface area (Å²) in [5.74, 6) is 12.8. The average molecular weight is 441 g/mol. The molecule has 0 unspecified atom stereocenters. The SMILES string of the molecule is COc1cccc(C(N)=Nc2ccc(OCCCCCCCCN(N)/C=N\N)c(C)c2)c1. The minimum atomic E-state index is 0.448. The summed E-state index contributed by atoms with van der Waals surface area (Å²) in [6, 6.07) is 13.4. The Hall–Kier alpha value is -3.26. The zero-order valence-corrected chi connectivity index (χ0v) is 19.2. The lowest BCUT2D eigenvalue weighted by atomic mass is 10.1. The van der Waals surface area contributed by atoms with Crippen molar-refractivity contribution in [2.45, 2.75) is 45.4 Å². The molecular weight excluding hydrogens is 404 g/mol. The Balaban J connectivity index is 1.71. The quantitative estimate of drug-likeness (QED) is 0.135. The van der Waals surface area contributed by atoms with Crippen molar-refractivity contribution in [2.75, 3.05) is 20.3 Å². The van der Waals surface area contributed by atoms with E-state index in [2.05, 4.69) is 10.1 Å². The summed E-state index contributed by atoms with van der Waals surface area (Å²) < 4.78 is 11.2. The van der Waals surface area contributed by atoms with Crippen molar-refractivity contribution in [1.29, 1.82) is 0 Å². The topological polar surface area (TPSA) is 124 Å². The molecule has 2 aromatic carbocycles. The van der Waals surface area contributed by atoms with Gasteiger partial charge >= 0.3 is 0 Å². The van der Waals surface area contributed by atoms with Crippen LogP contribution in [-0.4, -0.2) is 37.4 Å². The van der Waals surface area contributed by atoms with Gasteiger partial charge in [-0.25, -0.2) is 10.8 Å². The number of hydrazine groups is 1. The maximum atomic E-state index is 6.17. The van der Waals surface area contributed by atoms with Crippen molar-refractivity contribution in [1.82, 2.24) is 5.01 Å². The molecule has 0 atom stereocenters. The summed E-state index contributed by atoms with van der Waals surface area (Å²) >= 11 is 0. The second-order valence-electron chi connectivity index (χ2n) is 7.65. The van der Waals surface area contributed by atoms with Crippen molar-refractivity contribution in [3.05, 3.63) is 53.6 Å². The van der Waals surface area contributed by atoms with Gasteiger partial charge in [-0.05, 0) is 55.7 Å². The highest BCUT2D eigenvalue weighted by Crippen LogP contribution is 2.25. The number of aryl methyl sites for hydroxylation is 1. The van der Waals surface area contributed by atoms with E-state index in [1.54, 1.807) is 7.11 Å². The number of nitrogens with two attached hydrogens (primary N) is 3. The van der Waals surface area contributed by atoms with Crippen LogP contribution >= 0.6 is 0 Å². The first-order valence-corrected chi connectivity index (χ1v) is 11.0. The van der Waals surface area contributed by atoms with Crippen LogP contribution in [0.4, 0.5) is 5.69 Å². The molecule has 2 aromatic rings. The predicted octanol–water partition coefficient (Wildman–Crippen LogP) is 3.84. The van der Waals surface area contributed by atoms with Gasteiger partial charge in [0, 0.05) is 12.1 Å². The van der Waals surface area contributed by atoms with E-state index in [9.17, 15) is 0 Å². The molecule has 0 saturated heterocycles. The van der Waals surface area contributed by atoms with Gasteiger partial charge in [-0.3, -0.25) is 5.01 Å². The number of benzene rings is 2. The minimum absolute atomic E-state index is 0.448. The predicted molar refractivity (Wildman–Crippen MR) is 131 cm³/mol. The third kappa shape index (κ3) is 8.85. The lowest BCUT2D eigenvalue weighted by molar-refractivity contribution is 0.302. The molecule has 0 aliphatic heterocycles. The van der Waals surface area contributed by atoms with Crippen LogP contribution in [0, 0.1) is 6.92 Å². The molecule has 0 aliphatic rings. The smallest absolute Gasteiger partial charge is 0.131 e. The van der Waals surface area contributed by atoms with Crippen molar-refractivity contribution >= 4 is 17.9 Å². The Labute approximate surface area is 191 Å². The van der Waals surface area contributed by atoms with Crippen molar-refractivity contribution in [2.24, 2.45) is 27.5 Å². The van der Waals surface area contributed by atoms with E-state index in [0.717, 1.165) is 60.5 Å². The van der Waals surface area contributed by atoms with Gasteiger partial charge in [0.15, 0.2) is 0 Å². The van der Waals surface area contributed by atoms with Gasteiger partial charge in [-0.1, -0.05) is 37.8 Å². The van der Waals surface area contributed by atoms with Crippen molar-refractivity contribution in [3.63, 3.8) is 0 Å². The first kappa shape index (κ1) is 25.0. The Bertz CT molecular complexity index is 885. The summed E-state index contributed by atoms with van der Waals surface area (Å²) in [4.78, 5) is 4.53. The molecule has 32 heavy (non-hydrogen) atoms. The Kier molecular flexibility index (Phi) is 10.9. The molecule has 174 valence electrons. The third-order valence-electron chi connectivity index (χ3n) is 5.06. The van der Waals surface area contributed by atoms with Gasteiger partial charge in [0.05, 0.1) is 19.4 Å². The van der Waals surface area contributed by atoms with Gasteiger partial charge in [-0.2, -0.15) is 5.10 Å². The summed E-state index contributed by atoms with van der Waals surface area (Å²) in [5, 5.41) is 4.91. The van der Waals surface area contributed by atoms with Gasteiger partial charge in [0.25, 0.3) is 0 Å². The fourth-order valence-corrected chi connectivity index (χ4v) is 3.28. The maximum Gasteiger partial charge on any atom is 0.131 e. The van der Waals surface area contributed by atoms with Crippen LogP contribution in [0.5, 0.6) is 11.5 Å². The standard InChI is InChI=1S/C24H36N6O2/c1-19-16-21(29-24(25)20-10-9-11-22(17-20)31-2)12-13-23(19)32-15-8-6-4-3-5-7-14-30(27)18-28-26/h9-13,16-18H,3-8,14-15,26-27H2,1-2H3,(H2,25,29)/b28-18-. The summed E-state index contributed by atoms with van der Waals surface area (Å²) in [5.41, 5.74) is 8.83. The number of rotatable bonds is 14. The zero-order valence-electron chi connectivity index (χ0n) is 19.2. The van der Waals surface area contributed by atoms with Crippen LogP contribution in [0.3, 0.4) is 0 Å². The number of aliphatic imine (C=N–C) groups is 1. The molecule has 0 radical (unpaired) electrons. The molecule has 8 heteroatoms. The molecule has 0 aromatic heterocycles. The fourth-order valence-electron chi connectivity index (χ4n) is 3.28. The number of amidine groups is 1. The first-order chi connectivity index (χ1) is 15.5. The number of hydrogen-bond acceptors (Lipinski definition) is 6. The number of ether oxygens (including phenoxy) is 2. The fraction of sp³-hybridized carbons (Fsp3) is 0.417. The first-order valence-electron chi connectivity index (χ1n) is 11.0. The van der Waals surface area contributed by atoms with E-state index in [4.69, 9.17) is 26.9 Å². The number of nitrogens with zero attached hydrogens (tertiary/aromatic N) is 3. The maximum absolute atomic E-state index is 6.17. The van der Waals surface area contributed by atoms with Gasteiger partial charge in [-0.15, -0.1) is 0 Å².